The Hall–Kier alpha value is -2.26. The smallest absolute Gasteiger partial charge is 0.241 e. The molecule has 3 nitrogen and oxygen atoms in total. The zero-order chi connectivity index (χ0) is 15.2. The van der Waals surface area contributed by atoms with E-state index in [1.54, 1.807) is 18.2 Å². The first kappa shape index (κ1) is 15.1. The Balaban J connectivity index is 2.04. The summed E-state index contributed by atoms with van der Waals surface area (Å²) in [6.45, 7) is 2.50. The minimum absolute atomic E-state index is 0.455. The van der Waals surface area contributed by atoms with Gasteiger partial charge in [0, 0.05) is 6.08 Å². The molecule has 0 aliphatic rings. The van der Waals surface area contributed by atoms with E-state index >= 15 is 0 Å². The number of carbonyl (C=O) groups excluding carboxylic acids is 1. The van der Waals surface area contributed by atoms with Gasteiger partial charge in [-0.15, -0.1) is 0 Å². The van der Waals surface area contributed by atoms with Gasteiger partial charge in [0.1, 0.15) is 12.4 Å². The van der Waals surface area contributed by atoms with Gasteiger partial charge in [0.2, 0.25) is 5.91 Å². The molecule has 2 rings (SSSR count). The van der Waals surface area contributed by atoms with E-state index in [-0.39, 0.29) is 0 Å². The molecular weight excluding hydrogens is 286 g/mol. The molecule has 21 heavy (non-hydrogen) atoms. The summed E-state index contributed by atoms with van der Waals surface area (Å²) in [6, 6.07) is 13.4. The largest absolute Gasteiger partial charge is 0.487 e. The van der Waals surface area contributed by atoms with Crippen molar-refractivity contribution in [2.45, 2.75) is 13.5 Å². The lowest BCUT2D eigenvalue weighted by Crippen LogP contribution is -2.05. The maximum Gasteiger partial charge on any atom is 0.241 e. The van der Waals surface area contributed by atoms with Crippen molar-refractivity contribution in [3.05, 3.63) is 70.3 Å². The van der Waals surface area contributed by atoms with Gasteiger partial charge in [-0.3, -0.25) is 4.79 Å². The van der Waals surface area contributed by atoms with Crippen molar-refractivity contribution in [1.29, 1.82) is 0 Å². The van der Waals surface area contributed by atoms with Crippen molar-refractivity contribution < 1.29 is 9.53 Å². The average molecular weight is 302 g/mol. The molecule has 0 atom stereocenters. The van der Waals surface area contributed by atoms with Gasteiger partial charge in [-0.2, -0.15) is 0 Å². The number of benzene rings is 2. The maximum atomic E-state index is 10.7. The second-order valence-electron chi connectivity index (χ2n) is 4.70. The molecule has 0 aliphatic carbocycles. The number of primary amides is 1. The fraction of sp³-hybridized carbons (Fsp3) is 0.118. The van der Waals surface area contributed by atoms with Gasteiger partial charge >= 0.3 is 0 Å². The Bertz CT molecular complexity index is 663. The van der Waals surface area contributed by atoms with Crippen LogP contribution in [0, 0.1) is 6.92 Å². The summed E-state index contributed by atoms with van der Waals surface area (Å²) in [4.78, 5) is 10.7. The molecule has 0 aromatic heterocycles. The summed E-state index contributed by atoms with van der Waals surface area (Å²) in [6.07, 6.45) is 2.90. The topological polar surface area (TPSA) is 52.3 Å². The van der Waals surface area contributed by atoms with Crippen LogP contribution < -0.4 is 10.5 Å². The number of nitrogens with two attached hydrogens (primary N) is 1. The van der Waals surface area contributed by atoms with Gasteiger partial charge in [-0.05, 0) is 36.3 Å². The van der Waals surface area contributed by atoms with Crippen molar-refractivity contribution in [3.63, 3.8) is 0 Å². The highest BCUT2D eigenvalue weighted by molar-refractivity contribution is 6.32. The van der Waals surface area contributed by atoms with Crippen LogP contribution in [-0.2, 0) is 11.4 Å². The van der Waals surface area contributed by atoms with Crippen molar-refractivity contribution in [1.82, 2.24) is 0 Å². The first-order chi connectivity index (χ1) is 10.0. The predicted octanol–water partition coefficient (Wildman–Crippen LogP) is 3.73. The average Bonchev–Trinajstić information content (AvgIpc) is 2.46. The highest BCUT2D eigenvalue weighted by Crippen LogP contribution is 2.26. The highest BCUT2D eigenvalue weighted by atomic mass is 35.5. The van der Waals surface area contributed by atoms with Gasteiger partial charge < -0.3 is 10.5 Å². The van der Waals surface area contributed by atoms with Crippen LogP contribution in [0.5, 0.6) is 5.75 Å². The number of rotatable bonds is 5. The molecule has 108 valence electrons. The SMILES string of the molecule is Cc1ccc(COc2ccc(/C=C/C(N)=O)cc2Cl)cc1. The van der Waals surface area contributed by atoms with Crippen molar-refractivity contribution >= 4 is 23.6 Å². The third-order valence-electron chi connectivity index (χ3n) is 2.91. The minimum atomic E-state index is -0.495. The van der Waals surface area contributed by atoms with E-state index in [9.17, 15) is 4.79 Å². The molecule has 2 N–H and O–H groups in total. The molecule has 0 spiro atoms. The summed E-state index contributed by atoms with van der Waals surface area (Å²) >= 11 is 6.16. The molecule has 0 fully saturated rings. The molecule has 2 aromatic rings. The van der Waals surface area contributed by atoms with E-state index in [4.69, 9.17) is 22.1 Å². The molecule has 0 radical (unpaired) electrons. The van der Waals surface area contributed by atoms with Crippen LogP contribution in [0.15, 0.2) is 48.5 Å². The third-order valence-corrected chi connectivity index (χ3v) is 3.21. The summed E-state index contributed by atoms with van der Waals surface area (Å²) in [5.74, 6) is 0.110. The number of ether oxygens (including phenoxy) is 1. The Morgan fingerprint density at radius 1 is 1.24 bits per heavy atom. The van der Waals surface area contributed by atoms with E-state index in [1.165, 1.54) is 11.6 Å². The molecular formula is C17H16ClNO2. The fourth-order valence-electron chi connectivity index (χ4n) is 1.76. The summed E-state index contributed by atoms with van der Waals surface area (Å²) in [5, 5.41) is 0.494. The van der Waals surface area contributed by atoms with Crippen LogP contribution in [0.2, 0.25) is 5.02 Å². The lowest BCUT2D eigenvalue weighted by atomic mass is 10.1. The van der Waals surface area contributed by atoms with E-state index in [1.807, 2.05) is 37.3 Å². The Kier molecular flexibility index (Phi) is 5.01. The molecule has 4 heteroatoms. The monoisotopic (exact) mass is 301 g/mol. The Labute approximate surface area is 129 Å². The summed E-state index contributed by atoms with van der Waals surface area (Å²) in [5.41, 5.74) is 8.13. The van der Waals surface area contributed by atoms with Crippen LogP contribution in [0.4, 0.5) is 0 Å². The molecule has 0 bridgehead atoms. The van der Waals surface area contributed by atoms with Crippen molar-refractivity contribution in [2.24, 2.45) is 5.73 Å². The fourth-order valence-corrected chi connectivity index (χ4v) is 2.01. The van der Waals surface area contributed by atoms with Gasteiger partial charge in [-0.25, -0.2) is 0 Å². The summed E-state index contributed by atoms with van der Waals surface area (Å²) < 4.78 is 5.70. The van der Waals surface area contributed by atoms with Crippen LogP contribution in [0.1, 0.15) is 16.7 Å². The molecule has 0 aliphatic heterocycles. The molecule has 1 amide bonds. The summed E-state index contributed by atoms with van der Waals surface area (Å²) in [7, 11) is 0. The van der Waals surface area contributed by atoms with E-state index in [2.05, 4.69) is 0 Å². The van der Waals surface area contributed by atoms with E-state index in [0.717, 1.165) is 11.1 Å². The van der Waals surface area contributed by atoms with Crippen molar-refractivity contribution in [2.75, 3.05) is 0 Å². The molecule has 0 saturated heterocycles. The number of hydrogen-bond acceptors (Lipinski definition) is 2. The molecule has 0 saturated carbocycles. The molecule has 0 unspecified atom stereocenters. The van der Waals surface area contributed by atoms with Gasteiger partial charge in [0.15, 0.2) is 0 Å². The Morgan fingerprint density at radius 3 is 2.57 bits per heavy atom. The third kappa shape index (κ3) is 4.65. The molecule has 2 aromatic carbocycles. The highest BCUT2D eigenvalue weighted by Gasteiger charge is 2.03. The molecule has 0 heterocycles. The zero-order valence-electron chi connectivity index (χ0n) is 11.7. The number of aryl methyl sites for hydroxylation is 1. The lowest BCUT2D eigenvalue weighted by Gasteiger charge is -2.09. The first-order valence-electron chi connectivity index (χ1n) is 6.50. The van der Waals surface area contributed by atoms with Crippen LogP contribution >= 0.6 is 11.6 Å². The first-order valence-corrected chi connectivity index (χ1v) is 6.88. The number of carbonyl (C=O) groups is 1. The normalized spacial score (nSPS) is 10.8. The van der Waals surface area contributed by atoms with Crippen LogP contribution in [0.3, 0.4) is 0 Å². The zero-order valence-corrected chi connectivity index (χ0v) is 12.4. The lowest BCUT2D eigenvalue weighted by molar-refractivity contribution is -0.113. The van der Waals surface area contributed by atoms with E-state index < -0.39 is 5.91 Å². The second kappa shape index (κ2) is 6.95. The van der Waals surface area contributed by atoms with Gasteiger partial charge in [0.05, 0.1) is 5.02 Å². The second-order valence-corrected chi connectivity index (χ2v) is 5.11. The maximum absolute atomic E-state index is 10.7. The van der Waals surface area contributed by atoms with Crippen LogP contribution in [-0.4, -0.2) is 5.91 Å². The quantitative estimate of drug-likeness (QED) is 0.856. The minimum Gasteiger partial charge on any atom is -0.487 e. The Morgan fingerprint density at radius 2 is 1.95 bits per heavy atom. The standard InChI is InChI=1S/C17H16ClNO2/c1-12-2-4-14(5-3-12)11-21-16-8-6-13(10-15(16)18)7-9-17(19)20/h2-10H,11H2,1H3,(H2,19,20)/b9-7+. The number of hydrogen-bond donors (Lipinski definition) is 1. The predicted molar refractivity (Wildman–Crippen MR) is 85.2 cm³/mol. The van der Waals surface area contributed by atoms with E-state index in [0.29, 0.717) is 17.4 Å². The van der Waals surface area contributed by atoms with Gasteiger partial charge in [0.25, 0.3) is 0 Å². The number of halogens is 1. The van der Waals surface area contributed by atoms with Crippen LogP contribution in [0.25, 0.3) is 6.08 Å². The number of amides is 1. The van der Waals surface area contributed by atoms with Gasteiger partial charge in [-0.1, -0.05) is 47.5 Å². The van der Waals surface area contributed by atoms with Crippen molar-refractivity contribution in [3.8, 4) is 5.75 Å².